The van der Waals surface area contributed by atoms with Gasteiger partial charge in [-0.1, -0.05) is 37.2 Å². The number of carbonyl (C=O) groups excluding carboxylic acids is 2. The highest BCUT2D eigenvalue weighted by atomic mass is 35.5. The van der Waals surface area contributed by atoms with E-state index in [1.54, 1.807) is 11.0 Å². The molecule has 1 saturated heterocycles. The van der Waals surface area contributed by atoms with E-state index >= 15 is 0 Å². The molecule has 0 saturated carbocycles. The van der Waals surface area contributed by atoms with Crippen molar-refractivity contribution in [3.8, 4) is 0 Å². The van der Waals surface area contributed by atoms with Crippen LogP contribution < -0.4 is 10.2 Å². The summed E-state index contributed by atoms with van der Waals surface area (Å²) in [6.45, 7) is 13.1. The minimum Gasteiger partial charge on any atom is -0.353 e. The second kappa shape index (κ2) is 14.6. The van der Waals surface area contributed by atoms with Crippen LogP contribution in [0.5, 0.6) is 0 Å². The Bertz CT molecular complexity index is 1070. The Balaban J connectivity index is 1.51. The molecule has 0 aliphatic carbocycles. The molecular weight excluding hydrogens is 527 g/mol. The number of carbonyl (C=O) groups is 2. The second-order valence-electron chi connectivity index (χ2n) is 9.56. The maximum atomic E-state index is 13.2. The Hall–Kier alpha value is -2.43. The molecule has 2 atom stereocenters. The van der Waals surface area contributed by atoms with Crippen LogP contribution in [0.3, 0.4) is 0 Å². The first kappa shape index (κ1) is 30.1. The van der Waals surface area contributed by atoms with Crippen molar-refractivity contribution in [2.24, 2.45) is 0 Å². The van der Waals surface area contributed by atoms with Crippen LogP contribution in [-0.2, 0) is 4.79 Å². The molecule has 38 heavy (non-hydrogen) atoms. The van der Waals surface area contributed by atoms with Gasteiger partial charge in [-0.3, -0.25) is 9.59 Å². The molecule has 1 aromatic carbocycles. The van der Waals surface area contributed by atoms with E-state index in [1.807, 2.05) is 13.8 Å². The molecule has 2 amide bonds. The first-order valence-electron chi connectivity index (χ1n) is 13.2. The standard InChI is InChI=1S/C27H38ClFN6O2S/c1-5-33(6-2)13-7-8-19(3)30-25(36)18-38-27-31-23(28)16-24(32-27)34-14-15-35(20(4)17-34)26(37)21-9-11-22(29)12-10-21/h9-12,16,19-20H,5-8,13-15,17-18H2,1-4H3,(H,30,36). The van der Waals surface area contributed by atoms with Gasteiger partial charge in [-0.25, -0.2) is 14.4 Å². The second-order valence-corrected chi connectivity index (χ2v) is 10.9. The number of thioether (sulfide) groups is 1. The SMILES string of the molecule is CCN(CC)CCCC(C)NC(=O)CSc1nc(Cl)cc(N2CCN(C(=O)c3ccc(F)cc3)C(C)C2)n1. The summed E-state index contributed by atoms with van der Waals surface area (Å²) in [4.78, 5) is 40.5. The molecular formula is C27H38ClFN6O2S. The van der Waals surface area contributed by atoms with E-state index in [2.05, 4.69) is 38.9 Å². The zero-order chi connectivity index (χ0) is 27.7. The van der Waals surface area contributed by atoms with E-state index in [1.165, 1.54) is 36.0 Å². The molecule has 0 spiro atoms. The Morgan fingerprint density at radius 3 is 2.58 bits per heavy atom. The van der Waals surface area contributed by atoms with Crippen molar-refractivity contribution in [1.29, 1.82) is 0 Å². The number of rotatable bonds is 12. The average molecular weight is 565 g/mol. The summed E-state index contributed by atoms with van der Waals surface area (Å²) in [6, 6.07) is 7.33. The molecule has 8 nitrogen and oxygen atoms in total. The minimum absolute atomic E-state index is 0.0583. The monoisotopic (exact) mass is 564 g/mol. The van der Waals surface area contributed by atoms with Gasteiger partial charge < -0.3 is 20.0 Å². The van der Waals surface area contributed by atoms with E-state index in [9.17, 15) is 14.0 Å². The van der Waals surface area contributed by atoms with Crippen LogP contribution in [0.15, 0.2) is 35.5 Å². The minimum atomic E-state index is -0.369. The normalized spacial score (nSPS) is 16.6. The van der Waals surface area contributed by atoms with Crippen molar-refractivity contribution in [3.63, 3.8) is 0 Å². The quantitative estimate of drug-likeness (QED) is 0.233. The summed E-state index contributed by atoms with van der Waals surface area (Å²) >= 11 is 7.55. The van der Waals surface area contributed by atoms with Gasteiger partial charge in [0.2, 0.25) is 5.91 Å². The Kier molecular flexibility index (Phi) is 11.6. The fourth-order valence-electron chi connectivity index (χ4n) is 4.52. The molecule has 1 fully saturated rings. The summed E-state index contributed by atoms with van der Waals surface area (Å²) in [7, 11) is 0. The van der Waals surface area contributed by atoms with E-state index in [4.69, 9.17) is 11.6 Å². The number of hydrogen-bond donors (Lipinski definition) is 1. The van der Waals surface area contributed by atoms with Gasteiger partial charge in [0.25, 0.3) is 5.91 Å². The number of halogens is 2. The van der Waals surface area contributed by atoms with Crippen LogP contribution >= 0.6 is 23.4 Å². The molecule has 1 aliphatic rings. The summed E-state index contributed by atoms with van der Waals surface area (Å²) in [6.07, 6.45) is 1.97. The molecule has 1 aromatic heterocycles. The van der Waals surface area contributed by atoms with E-state index < -0.39 is 0 Å². The maximum absolute atomic E-state index is 13.2. The third-order valence-corrected chi connectivity index (χ3v) is 7.75. The van der Waals surface area contributed by atoms with Crippen LogP contribution in [0.2, 0.25) is 5.15 Å². The highest BCUT2D eigenvalue weighted by molar-refractivity contribution is 7.99. The van der Waals surface area contributed by atoms with Gasteiger partial charge in [0.15, 0.2) is 5.16 Å². The van der Waals surface area contributed by atoms with Crippen molar-refractivity contribution in [3.05, 3.63) is 46.9 Å². The number of nitrogens with zero attached hydrogens (tertiary/aromatic N) is 5. The van der Waals surface area contributed by atoms with Crippen LogP contribution in [0.1, 0.15) is 50.9 Å². The zero-order valence-electron chi connectivity index (χ0n) is 22.6. The zero-order valence-corrected chi connectivity index (χ0v) is 24.2. The van der Waals surface area contributed by atoms with Gasteiger partial charge >= 0.3 is 0 Å². The number of anilines is 1. The largest absolute Gasteiger partial charge is 0.353 e. The predicted octanol–water partition coefficient (Wildman–Crippen LogP) is 4.34. The number of hydrogen-bond acceptors (Lipinski definition) is 7. The van der Waals surface area contributed by atoms with Crippen molar-refractivity contribution < 1.29 is 14.0 Å². The van der Waals surface area contributed by atoms with Gasteiger partial charge in [-0.15, -0.1) is 0 Å². The third kappa shape index (κ3) is 8.81. The van der Waals surface area contributed by atoms with E-state index in [0.717, 1.165) is 32.5 Å². The molecule has 1 N–H and O–H groups in total. The first-order valence-corrected chi connectivity index (χ1v) is 14.6. The molecule has 0 radical (unpaired) electrons. The van der Waals surface area contributed by atoms with Crippen molar-refractivity contribution in [2.45, 2.75) is 57.8 Å². The maximum Gasteiger partial charge on any atom is 0.254 e. The molecule has 0 bridgehead atoms. The van der Waals surface area contributed by atoms with Crippen LogP contribution in [0.25, 0.3) is 0 Å². The van der Waals surface area contributed by atoms with Crippen molar-refractivity contribution >= 4 is 41.0 Å². The molecule has 2 heterocycles. The summed E-state index contributed by atoms with van der Waals surface area (Å²) < 4.78 is 13.2. The molecule has 208 valence electrons. The number of benzene rings is 1. The molecule has 2 unspecified atom stereocenters. The van der Waals surface area contributed by atoms with Gasteiger partial charge in [0.1, 0.15) is 16.8 Å². The lowest BCUT2D eigenvalue weighted by Crippen LogP contribution is -2.54. The lowest BCUT2D eigenvalue weighted by molar-refractivity contribution is -0.119. The topological polar surface area (TPSA) is 81.7 Å². The highest BCUT2D eigenvalue weighted by Gasteiger charge is 2.29. The number of amides is 2. The van der Waals surface area contributed by atoms with Crippen LogP contribution in [0.4, 0.5) is 10.2 Å². The summed E-state index contributed by atoms with van der Waals surface area (Å²) in [5.41, 5.74) is 0.465. The number of nitrogens with one attached hydrogen (secondary N) is 1. The summed E-state index contributed by atoms with van der Waals surface area (Å²) in [5.74, 6) is 0.320. The van der Waals surface area contributed by atoms with Gasteiger partial charge in [-0.05, 0) is 70.6 Å². The van der Waals surface area contributed by atoms with Gasteiger partial charge in [0, 0.05) is 43.3 Å². The fraction of sp³-hybridized carbons (Fsp3) is 0.556. The van der Waals surface area contributed by atoms with E-state index in [-0.39, 0.29) is 35.5 Å². The third-order valence-electron chi connectivity index (χ3n) is 6.71. The van der Waals surface area contributed by atoms with E-state index in [0.29, 0.717) is 41.3 Å². The fourth-order valence-corrected chi connectivity index (χ4v) is 5.41. The smallest absolute Gasteiger partial charge is 0.254 e. The number of piperazine rings is 1. The van der Waals surface area contributed by atoms with Crippen LogP contribution in [-0.4, -0.2) is 88.7 Å². The molecule has 1 aliphatic heterocycles. The Labute approximate surface area is 234 Å². The first-order chi connectivity index (χ1) is 18.2. The van der Waals surface area contributed by atoms with Crippen molar-refractivity contribution in [2.75, 3.05) is 49.9 Å². The van der Waals surface area contributed by atoms with Gasteiger partial charge in [-0.2, -0.15) is 0 Å². The highest BCUT2D eigenvalue weighted by Crippen LogP contribution is 2.25. The Morgan fingerprint density at radius 2 is 1.92 bits per heavy atom. The average Bonchev–Trinajstić information content (AvgIpc) is 2.89. The molecule has 11 heteroatoms. The van der Waals surface area contributed by atoms with Crippen LogP contribution in [0, 0.1) is 5.82 Å². The number of aromatic nitrogens is 2. The Morgan fingerprint density at radius 1 is 1.21 bits per heavy atom. The lowest BCUT2D eigenvalue weighted by atomic mass is 10.1. The lowest BCUT2D eigenvalue weighted by Gasteiger charge is -2.40. The predicted molar refractivity (Wildman–Crippen MR) is 152 cm³/mol. The summed E-state index contributed by atoms with van der Waals surface area (Å²) in [5, 5.41) is 3.80. The molecule has 3 rings (SSSR count). The molecule has 2 aromatic rings. The van der Waals surface area contributed by atoms with Crippen molar-refractivity contribution in [1.82, 2.24) is 25.1 Å². The van der Waals surface area contributed by atoms with Gasteiger partial charge in [0.05, 0.1) is 5.75 Å².